The molecule has 0 saturated heterocycles. The van der Waals surface area contributed by atoms with E-state index in [0.29, 0.717) is 47.8 Å². The highest BCUT2D eigenvalue weighted by Gasteiger charge is 2.65. The molecule has 16 heteroatoms. The molecule has 1 amide bonds. The Balaban J connectivity index is 1.33. The molecule has 7 rings (SSSR count). The number of carbonyl (C=O) groups excluding carboxylic acids is 1. The maximum absolute atomic E-state index is 14.5. The van der Waals surface area contributed by atoms with Crippen LogP contribution in [0.3, 0.4) is 0 Å². The molecule has 15 nitrogen and oxygen atoms in total. The predicted octanol–water partition coefficient (Wildman–Crippen LogP) is 9.68. The Labute approximate surface area is 400 Å². The minimum absolute atomic E-state index is 0.00342. The standard InChI is InChI=1S/C52H58N4O11S/c1-3-29-65-52-48(54(2)49(59)26-19-36-15-20-39(21-16-36)55(60)61)34-46(53-66-35-37-17-22-40(23-18-37)56(62)63)44-32-38(11-7-9-27-57)43(14-8-10-28-58)50(51(44)52)45-33-41(24-25-47(45)67-52)64-30-31-68-42-12-5-4-6-13-42/h3-6,12-13,15-26,32-33,38,43,48,50-51,57-58H,1,7-11,14,27-31,34-35H2,2H3/t38-,43+,48-,50+,51+,52+/m0/s1. The van der Waals surface area contributed by atoms with Crippen molar-refractivity contribution in [2.24, 2.45) is 22.9 Å². The van der Waals surface area contributed by atoms with Gasteiger partial charge in [0.05, 0.1) is 34.7 Å². The van der Waals surface area contributed by atoms with Gasteiger partial charge in [-0.15, -0.1) is 18.3 Å². The van der Waals surface area contributed by atoms with Gasteiger partial charge in [-0.3, -0.25) is 25.0 Å². The number of carbonyl (C=O) groups is 1. The highest BCUT2D eigenvalue weighted by Crippen LogP contribution is 2.62. The van der Waals surface area contributed by atoms with E-state index in [-0.39, 0.29) is 67.9 Å². The highest BCUT2D eigenvalue weighted by atomic mass is 32.2. The fraction of sp³-hybridized carbons (Fsp3) is 0.385. The molecule has 0 radical (unpaired) electrons. The third-order valence-corrected chi connectivity index (χ3v) is 13.9. The van der Waals surface area contributed by atoms with Crippen LogP contribution in [-0.4, -0.2) is 87.6 Å². The summed E-state index contributed by atoms with van der Waals surface area (Å²) in [5, 5.41) is 47.4. The number of fused-ring (bicyclic) bond motifs is 2. The molecule has 2 aliphatic carbocycles. The number of oxime groups is 1. The molecule has 1 fully saturated rings. The minimum atomic E-state index is -1.49. The number of thioether (sulfide) groups is 1. The van der Waals surface area contributed by atoms with Crippen LogP contribution in [-0.2, 0) is 21.0 Å². The van der Waals surface area contributed by atoms with E-state index in [1.54, 1.807) is 60.1 Å². The number of rotatable bonds is 24. The van der Waals surface area contributed by atoms with Crippen LogP contribution in [0.1, 0.15) is 67.6 Å². The Morgan fingerprint density at radius 3 is 2.31 bits per heavy atom. The smallest absolute Gasteiger partial charge is 0.269 e. The van der Waals surface area contributed by atoms with Gasteiger partial charge >= 0.3 is 0 Å². The first-order valence-corrected chi connectivity index (χ1v) is 24.0. The number of benzene rings is 4. The second-order valence-electron chi connectivity index (χ2n) is 17.1. The summed E-state index contributed by atoms with van der Waals surface area (Å²) in [6, 6.07) is 27.2. The van der Waals surface area contributed by atoms with E-state index in [1.807, 2.05) is 30.3 Å². The maximum Gasteiger partial charge on any atom is 0.269 e. The van der Waals surface area contributed by atoms with Crippen molar-refractivity contribution < 1.29 is 43.9 Å². The number of aliphatic hydroxyl groups is 2. The lowest BCUT2D eigenvalue weighted by Crippen LogP contribution is -2.69. The number of allylic oxidation sites excluding steroid dienone is 1. The molecule has 1 aliphatic heterocycles. The van der Waals surface area contributed by atoms with E-state index in [9.17, 15) is 35.2 Å². The maximum atomic E-state index is 14.5. The largest absolute Gasteiger partial charge is 0.493 e. The van der Waals surface area contributed by atoms with Crippen LogP contribution in [0.15, 0.2) is 137 Å². The molecular weight excluding hydrogens is 889 g/mol. The number of hydrogen-bond acceptors (Lipinski definition) is 13. The van der Waals surface area contributed by atoms with Crippen molar-refractivity contribution >= 4 is 40.8 Å². The van der Waals surface area contributed by atoms with Gasteiger partial charge in [-0.05, 0) is 115 Å². The van der Waals surface area contributed by atoms with Crippen molar-refractivity contribution in [1.82, 2.24) is 4.90 Å². The lowest BCUT2D eigenvalue weighted by atomic mass is 9.55. The van der Waals surface area contributed by atoms with Crippen LogP contribution >= 0.6 is 11.8 Å². The van der Waals surface area contributed by atoms with Crippen molar-refractivity contribution in [2.75, 3.05) is 39.2 Å². The summed E-state index contributed by atoms with van der Waals surface area (Å²) in [6.07, 6.45) is 11.4. The molecule has 1 heterocycles. The van der Waals surface area contributed by atoms with E-state index in [0.717, 1.165) is 47.5 Å². The molecule has 2 N–H and O–H groups in total. The predicted molar refractivity (Wildman–Crippen MR) is 260 cm³/mol. The number of ether oxygens (including phenoxy) is 3. The Bertz CT molecular complexity index is 2470. The van der Waals surface area contributed by atoms with Gasteiger partial charge in [0.2, 0.25) is 11.7 Å². The Kier molecular flexibility index (Phi) is 17.2. The molecule has 68 heavy (non-hydrogen) atoms. The zero-order valence-electron chi connectivity index (χ0n) is 38.1. The van der Waals surface area contributed by atoms with Gasteiger partial charge in [0.1, 0.15) is 24.1 Å². The van der Waals surface area contributed by atoms with Crippen LogP contribution in [0.2, 0.25) is 0 Å². The summed E-state index contributed by atoms with van der Waals surface area (Å²) >= 11 is 1.71. The Morgan fingerprint density at radius 1 is 0.941 bits per heavy atom. The first kappa shape index (κ1) is 49.6. The topological polar surface area (TPSA) is 196 Å². The van der Waals surface area contributed by atoms with Crippen molar-refractivity contribution in [3.8, 4) is 11.5 Å². The molecule has 0 spiro atoms. The molecule has 6 atom stereocenters. The lowest BCUT2D eigenvalue weighted by Gasteiger charge is -2.59. The molecule has 0 bridgehead atoms. The van der Waals surface area contributed by atoms with Gasteiger partial charge < -0.3 is 34.2 Å². The first-order valence-electron chi connectivity index (χ1n) is 23.0. The second-order valence-corrected chi connectivity index (χ2v) is 18.3. The molecule has 0 aromatic heterocycles. The first-order chi connectivity index (χ1) is 33.1. The summed E-state index contributed by atoms with van der Waals surface area (Å²) in [4.78, 5) is 45.0. The van der Waals surface area contributed by atoms with E-state index in [4.69, 9.17) is 24.2 Å². The van der Waals surface area contributed by atoms with Crippen LogP contribution < -0.4 is 9.47 Å². The molecule has 4 aromatic rings. The van der Waals surface area contributed by atoms with Crippen LogP contribution in [0.4, 0.5) is 11.4 Å². The average Bonchev–Trinajstić information content (AvgIpc) is 3.35. The van der Waals surface area contributed by atoms with Gasteiger partial charge in [-0.1, -0.05) is 48.3 Å². The van der Waals surface area contributed by atoms with Gasteiger partial charge in [-0.25, -0.2) is 0 Å². The number of nitro groups is 2. The SMILES string of the molecule is C=CCO[C@@]12Oc3ccc(OCCSc4ccccc4)cc3[C@H]3[C@H](CCCCO)[C@@H](CCCCO)C=C(C(=NOCc4ccc([N+](=O)[O-])cc4)C[C@@H]1N(C)C(=O)C=Cc1ccc([N+](=O)[O-])cc1)[C@H]32. The summed E-state index contributed by atoms with van der Waals surface area (Å²) in [5.74, 6) is -0.694. The fourth-order valence-electron chi connectivity index (χ4n) is 9.70. The molecule has 3 aliphatic rings. The van der Waals surface area contributed by atoms with Gasteiger partial charge in [-0.2, -0.15) is 0 Å². The molecular formula is C52H58N4O11S. The van der Waals surface area contributed by atoms with Crippen LogP contribution in [0.25, 0.3) is 6.08 Å². The Hall–Kier alpha value is -6.33. The normalized spacial score (nSPS) is 22.1. The molecule has 0 unspecified atom stereocenters. The highest BCUT2D eigenvalue weighted by molar-refractivity contribution is 7.99. The van der Waals surface area contributed by atoms with Crippen molar-refractivity contribution in [2.45, 2.75) is 74.2 Å². The minimum Gasteiger partial charge on any atom is -0.493 e. The quantitative estimate of drug-likeness (QED) is 0.0169. The van der Waals surface area contributed by atoms with E-state index in [2.05, 4.69) is 30.9 Å². The van der Waals surface area contributed by atoms with Gasteiger partial charge in [0, 0.05) is 79.2 Å². The van der Waals surface area contributed by atoms with Crippen molar-refractivity contribution in [1.29, 1.82) is 0 Å². The molecule has 358 valence electrons. The Morgan fingerprint density at radius 2 is 1.63 bits per heavy atom. The number of hydrogen-bond donors (Lipinski definition) is 2. The number of nitrogens with zero attached hydrogens (tertiary/aromatic N) is 4. The summed E-state index contributed by atoms with van der Waals surface area (Å²) in [6.45, 7) is 4.67. The van der Waals surface area contributed by atoms with Crippen molar-refractivity contribution in [3.63, 3.8) is 0 Å². The number of amides is 1. The number of non-ortho nitro benzene ring substituents is 2. The van der Waals surface area contributed by atoms with Gasteiger partial charge in [0.25, 0.3) is 11.4 Å². The van der Waals surface area contributed by atoms with Crippen LogP contribution in [0.5, 0.6) is 11.5 Å². The molecule has 4 aromatic carbocycles. The van der Waals surface area contributed by atoms with Crippen molar-refractivity contribution in [3.05, 3.63) is 164 Å². The monoisotopic (exact) mass is 946 g/mol. The number of nitro benzene ring substituents is 2. The zero-order valence-corrected chi connectivity index (χ0v) is 38.9. The second kappa shape index (κ2) is 23.6. The zero-order chi connectivity index (χ0) is 48.0. The third kappa shape index (κ3) is 11.7. The van der Waals surface area contributed by atoms with E-state index >= 15 is 0 Å². The van der Waals surface area contributed by atoms with E-state index < -0.39 is 27.6 Å². The number of unbranched alkanes of at least 4 members (excludes halogenated alkanes) is 2. The van der Waals surface area contributed by atoms with Gasteiger partial charge in [0.15, 0.2) is 0 Å². The van der Waals surface area contributed by atoms with E-state index in [1.165, 1.54) is 30.3 Å². The fourth-order valence-corrected chi connectivity index (χ4v) is 10.4. The summed E-state index contributed by atoms with van der Waals surface area (Å²) in [7, 11) is 1.69. The lowest BCUT2D eigenvalue weighted by molar-refractivity contribution is -0.385. The number of aliphatic hydroxyl groups excluding tert-OH is 2. The summed E-state index contributed by atoms with van der Waals surface area (Å²) < 4.78 is 20.7. The summed E-state index contributed by atoms with van der Waals surface area (Å²) in [5.41, 5.74) is 3.51. The average molecular weight is 947 g/mol. The van der Waals surface area contributed by atoms with Crippen LogP contribution in [0, 0.1) is 38.0 Å². The molecule has 1 saturated carbocycles. The third-order valence-electron chi connectivity index (χ3n) is 12.9. The number of likely N-dealkylation sites (N-methyl/N-ethyl adjacent to an activating group) is 1.